The number of sulfone groups is 1. The third kappa shape index (κ3) is 3.30. The summed E-state index contributed by atoms with van der Waals surface area (Å²) in [4.78, 5) is 12.1. The molecule has 1 amide bonds. The van der Waals surface area contributed by atoms with E-state index in [1.165, 1.54) is 0 Å². The molecule has 2 aromatic rings. The monoisotopic (exact) mass is 317 g/mol. The molecule has 0 aromatic heterocycles. The van der Waals surface area contributed by atoms with Crippen molar-refractivity contribution < 1.29 is 13.2 Å². The van der Waals surface area contributed by atoms with Gasteiger partial charge in [-0.15, -0.1) is 0 Å². The quantitative estimate of drug-likeness (QED) is 0.921. The SMILES string of the molecule is CC(NC(=O)CS(=O)(=O)c1ccc2ccccc2c1)C1CC1. The average molecular weight is 317 g/mol. The van der Waals surface area contributed by atoms with Crippen molar-refractivity contribution in [3.8, 4) is 0 Å². The highest BCUT2D eigenvalue weighted by Gasteiger charge is 2.30. The summed E-state index contributed by atoms with van der Waals surface area (Å²) in [5.41, 5.74) is 0. The Bertz CT molecular complexity index is 810. The Labute approximate surface area is 130 Å². The van der Waals surface area contributed by atoms with Crippen LogP contribution in [0, 0.1) is 5.92 Å². The van der Waals surface area contributed by atoms with Gasteiger partial charge in [-0.3, -0.25) is 4.79 Å². The molecule has 116 valence electrons. The number of amides is 1. The molecule has 0 aliphatic heterocycles. The first-order valence-electron chi connectivity index (χ1n) is 7.47. The Morgan fingerprint density at radius 1 is 1.18 bits per heavy atom. The van der Waals surface area contributed by atoms with Crippen LogP contribution in [0.5, 0.6) is 0 Å². The molecule has 1 aliphatic carbocycles. The third-order valence-electron chi connectivity index (χ3n) is 4.12. The first-order chi connectivity index (χ1) is 10.5. The highest BCUT2D eigenvalue weighted by atomic mass is 32.2. The van der Waals surface area contributed by atoms with Crippen LogP contribution in [0.4, 0.5) is 0 Å². The minimum atomic E-state index is -3.61. The molecule has 0 heterocycles. The van der Waals surface area contributed by atoms with E-state index in [0.29, 0.717) is 5.92 Å². The fourth-order valence-corrected chi connectivity index (χ4v) is 3.80. The molecule has 1 aliphatic rings. The molecule has 0 saturated heterocycles. The lowest BCUT2D eigenvalue weighted by molar-refractivity contribution is -0.119. The zero-order valence-electron chi connectivity index (χ0n) is 12.5. The number of nitrogens with one attached hydrogen (secondary N) is 1. The van der Waals surface area contributed by atoms with E-state index in [1.807, 2.05) is 31.2 Å². The minimum absolute atomic E-state index is 0.0549. The maximum absolute atomic E-state index is 12.4. The van der Waals surface area contributed by atoms with Gasteiger partial charge < -0.3 is 5.32 Å². The van der Waals surface area contributed by atoms with Gasteiger partial charge in [-0.1, -0.05) is 30.3 Å². The molecule has 1 atom stereocenters. The van der Waals surface area contributed by atoms with E-state index >= 15 is 0 Å². The van der Waals surface area contributed by atoms with E-state index in [0.717, 1.165) is 23.6 Å². The molecular weight excluding hydrogens is 298 g/mol. The van der Waals surface area contributed by atoms with Crippen LogP contribution in [-0.2, 0) is 14.6 Å². The molecule has 1 fully saturated rings. The van der Waals surface area contributed by atoms with Crippen LogP contribution in [0.3, 0.4) is 0 Å². The number of hydrogen-bond donors (Lipinski definition) is 1. The number of rotatable bonds is 5. The van der Waals surface area contributed by atoms with E-state index in [-0.39, 0.29) is 10.9 Å². The third-order valence-corrected chi connectivity index (χ3v) is 5.73. The van der Waals surface area contributed by atoms with Crippen molar-refractivity contribution in [2.24, 2.45) is 5.92 Å². The second-order valence-corrected chi connectivity index (χ2v) is 7.95. The normalized spacial score (nSPS) is 16.4. The summed E-state index contributed by atoms with van der Waals surface area (Å²) in [5.74, 6) is -0.414. The molecule has 22 heavy (non-hydrogen) atoms. The molecule has 0 bridgehead atoms. The summed E-state index contributed by atoms with van der Waals surface area (Å²) in [7, 11) is -3.61. The molecule has 2 aromatic carbocycles. The summed E-state index contributed by atoms with van der Waals surface area (Å²) in [6.45, 7) is 1.93. The molecule has 3 rings (SSSR count). The van der Waals surface area contributed by atoms with Crippen molar-refractivity contribution >= 4 is 26.5 Å². The molecule has 1 unspecified atom stereocenters. The Morgan fingerprint density at radius 2 is 1.86 bits per heavy atom. The van der Waals surface area contributed by atoms with Crippen molar-refractivity contribution in [3.63, 3.8) is 0 Å². The van der Waals surface area contributed by atoms with Gasteiger partial charge in [0, 0.05) is 6.04 Å². The van der Waals surface area contributed by atoms with E-state index in [9.17, 15) is 13.2 Å². The average Bonchev–Trinajstić information content (AvgIpc) is 3.30. The maximum atomic E-state index is 12.4. The van der Waals surface area contributed by atoms with Crippen LogP contribution in [0.25, 0.3) is 10.8 Å². The van der Waals surface area contributed by atoms with Gasteiger partial charge in [0.25, 0.3) is 0 Å². The van der Waals surface area contributed by atoms with Gasteiger partial charge in [-0.2, -0.15) is 0 Å². The van der Waals surface area contributed by atoms with Gasteiger partial charge in [0.15, 0.2) is 9.84 Å². The Balaban J connectivity index is 1.77. The molecule has 5 heteroatoms. The molecule has 1 N–H and O–H groups in total. The number of carbonyl (C=O) groups excluding carboxylic acids is 1. The zero-order valence-corrected chi connectivity index (χ0v) is 13.3. The fourth-order valence-electron chi connectivity index (χ4n) is 2.63. The number of benzene rings is 2. The molecular formula is C17H19NO3S. The van der Waals surface area contributed by atoms with E-state index < -0.39 is 21.5 Å². The van der Waals surface area contributed by atoms with E-state index in [2.05, 4.69) is 5.32 Å². The van der Waals surface area contributed by atoms with Gasteiger partial charge >= 0.3 is 0 Å². The van der Waals surface area contributed by atoms with Crippen LogP contribution >= 0.6 is 0 Å². The Kier molecular flexibility index (Phi) is 3.91. The number of hydrogen-bond acceptors (Lipinski definition) is 3. The van der Waals surface area contributed by atoms with Crippen molar-refractivity contribution in [2.45, 2.75) is 30.7 Å². The van der Waals surface area contributed by atoms with Crippen molar-refractivity contribution in [1.82, 2.24) is 5.32 Å². The van der Waals surface area contributed by atoms with E-state index in [4.69, 9.17) is 0 Å². The maximum Gasteiger partial charge on any atom is 0.235 e. The highest BCUT2D eigenvalue weighted by Crippen LogP contribution is 2.32. The zero-order chi connectivity index (χ0) is 15.7. The molecule has 0 radical (unpaired) electrons. The van der Waals surface area contributed by atoms with Crippen molar-refractivity contribution in [1.29, 1.82) is 0 Å². The predicted octanol–water partition coefficient (Wildman–Crippen LogP) is 2.53. The van der Waals surface area contributed by atoms with Gasteiger partial charge in [0.1, 0.15) is 5.75 Å². The highest BCUT2D eigenvalue weighted by molar-refractivity contribution is 7.92. The fraction of sp³-hybridized carbons (Fsp3) is 0.353. The van der Waals surface area contributed by atoms with Crippen LogP contribution in [-0.4, -0.2) is 26.1 Å². The van der Waals surface area contributed by atoms with Crippen LogP contribution in [0.15, 0.2) is 47.4 Å². The standard InChI is InChI=1S/C17H19NO3S/c1-12(13-6-7-13)18-17(19)11-22(20,21)16-9-8-14-4-2-3-5-15(14)10-16/h2-5,8-10,12-13H,6-7,11H2,1H3,(H,18,19). The lowest BCUT2D eigenvalue weighted by Crippen LogP contribution is -2.37. The Hall–Kier alpha value is -1.88. The summed E-state index contributed by atoms with van der Waals surface area (Å²) in [6, 6.07) is 12.6. The Morgan fingerprint density at radius 3 is 2.55 bits per heavy atom. The topological polar surface area (TPSA) is 63.2 Å². The number of fused-ring (bicyclic) bond motifs is 1. The first-order valence-corrected chi connectivity index (χ1v) is 9.12. The van der Waals surface area contributed by atoms with Crippen LogP contribution < -0.4 is 5.32 Å². The summed E-state index contributed by atoms with van der Waals surface area (Å²) in [6.07, 6.45) is 2.22. The van der Waals surface area contributed by atoms with Crippen molar-refractivity contribution in [2.75, 3.05) is 5.75 Å². The second kappa shape index (κ2) is 5.72. The van der Waals surface area contributed by atoms with Crippen molar-refractivity contribution in [3.05, 3.63) is 42.5 Å². The van der Waals surface area contributed by atoms with Crippen LogP contribution in [0.1, 0.15) is 19.8 Å². The minimum Gasteiger partial charge on any atom is -0.352 e. The second-order valence-electron chi connectivity index (χ2n) is 5.96. The molecule has 0 spiro atoms. The summed E-state index contributed by atoms with van der Waals surface area (Å²) in [5, 5.41) is 4.62. The van der Waals surface area contributed by atoms with Gasteiger partial charge in [0.2, 0.25) is 5.91 Å². The van der Waals surface area contributed by atoms with Gasteiger partial charge in [-0.05, 0) is 48.6 Å². The lowest BCUT2D eigenvalue weighted by atomic mass is 10.1. The summed E-state index contributed by atoms with van der Waals surface area (Å²) < 4.78 is 24.8. The molecule has 4 nitrogen and oxygen atoms in total. The van der Waals surface area contributed by atoms with Crippen LogP contribution in [0.2, 0.25) is 0 Å². The lowest BCUT2D eigenvalue weighted by Gasteiger charge is -2.13. The van der Waals surface area contributed by atoms with Gasteiger partial charge in [-0.25, -0.2) is 8.42 Å². The smallest absolute Gasteiger partial charge is 0.235 e. The van der Waals surface area contributed by atoms with Gasteiger partial charge in [0.05, 0.1) is 4.90 Å². The number of carbonyl (C=O) groups is 1. The largest absolute Gasteiger partial charge is 0.352 e. The van der Waals surface area contributed by atoms with E-state index in [1.54, 1.807) is 18.2 Å². The summed E-state index contributed by atoms with van der Waals surface area (Å²) >= 11 is 0. The predicted molar refractivity (Wildman–Crippen MR) is 86.3 cm³/mol. The molecule has 1 saturated carbocycles. The first kappa shape index (κ1) is 15.0.